The minimum Gasteiger partial charge on any atom is -0.347 e. The second kappa shape index (κ2) is 6.31. The molecule has 0 bridgehead atoms. The van der Waals surface area contributed by atoms with Gasteiger partial charge < -0.3 is 9.47 Å². The zero-order valence-corrected chi connectivity index (χ0v) is 14.6. The SMILES string of the molecule is CC(C)Cn1cc2c3c(cccc31)CN(C(=O)c1cnccn1)CC2. The summed E-state index contributed by atoms with van der Waals surface area (Å²) in [5.74, 6) is 0.551. The molecular formula is C20H22N4O. The second-order valence-corrected chi connectivity index (χ2v) is 7.08. The van der Waals surface area contributed by atoms with E-state index in [9.17, 15) is 4.79 Å². The highest BCUT2D eigenvalue weighted by atomic mass is 16.2. The van der Waals surface area contributed by atoms with Crippen molar-refractivity contribution in [1.29, 1.82) is 0 Å². The van der Waals surface area contributed by atoms with Crippen LogP contribution in [-0.4, -0.2) is 31.9 Å². The average Bonchev–Trinajstić information content (AvgIpc) is 2.85. The van der Waals surface area contributed by atoms with Crippen molar-refractivity contribution in [3.8, 4) is 0 Å². The summed E-state index contributed by atoms with van der Waals surface area (Å²) in [5, 5.41) is 1.32. The van der Waals surface area contributed by atoms with Crippen LogP contribution in [0.2, 0.25) is 0 Å². The van der Waals surface area contributed by atoms with Gasteiger partial charge in [0.2, 0.25) is 0 Å². The first kappa shape index (κ1) is 15.8. The fourth-order valence-electron chi connectivity index (χ4n) is 3.67. The molecule has 1 aliphatic heterocycles. The summed E-state index contributed by atoms with van der Waals surface area (Å²) in [6, 6.07) is 6.41. The van der Waals surface area contributed by atoms with Crippen molar-refractivity contribution < 1.29 is 4.79 Å². The molecule has 5 nitrogen and oxygen atoms in total. The number of benzene rings is 1. The monoisotopic (exact) mass is 334 g/mol. The van der Waals surface area contributed by atoms with Crippen molar-refractivity contribution in [3.05, 3.63) is 59.8 Å². The summed E-state index contributed by atoms with van der Waals surface area (Å²) in [7, 11) is 0. The molecule has 3 aromatic rings. The zero-order chi connectivity index (χ0) is 17.4. The molecule has 25 heavy (non-hydrogen) atoms. The quantitative estimate of drug-likeness (QED) is 0.738. The van der Waals surface area contributed by atoms with E-state index >= 15 is 0 Å². The van der Waals surface area contributed by atoms with E-state index in [0.717, 1.165) is 13.0 Å². The maximum absolute atomic E-state index is 12.8. The van der Waals surface area contributed by atoms with Crippen molar-refractivity contribution >= 4 is 16.8 Å². The van der Waals surface area contributed by atoms with Crippen LogP contribution in [0.5, 0.6) is 0 Å². The third-order valence-corrected chi connectivity index (χ3v) is 4.71. The lowest BCUT2D eigenvalue weighted by atomic mass is 10.1. The van der Waals surface area contributed by atoms with Crippen LogP contribution in [0.1, 0.15) is 35.5 Å². The highest BCUT2D eigenvalue weighted by Crippen LogP contribution is 2.30. The van der Waals surface area contributed by atoms with Crippen molar-refractivity contribution in [3.63, 3.8) is 0 Å². The van der Waals surface area contributed by atoms with Crippen LogP contribution in [0.25, 0.3) is 10.9 Å². The van der Waals surface area contributed by atoms with Crippen molar-refractivity contribution in [2.24, 2.45) is 5.92 Å². The van der Waals surface area contributed by atoms with E-state index in [4.69, 9.17) is 0 Å². The highest BCUT2D eigenvalue weighted by Gasteiger charge is 2.24. The summed E-state index contributed by atoms with van der Waals surface area (Å²) in [6.45, 7) is 6.81. The van der Waals surface area contributed by atoms with Crippen LogP contribution in [0, 0.1) is 5.92 Å². The number of amides is 1. The molecule has 2 aromatic heterocycles. The molecule has 0 N–H and O–H groups in total. The molecule has 0 aliphatic carbocycles. The maximum atomic E-state index is 12.8. The Labute approximate surface area is 147 Å². The molecule has 0 saturated heterocycles. The fourth-order valence-corrected chi connectivity index (χ4v) is 3.67. The molecule has 0 spiro atoms. The lowest BCUT2D eigenvalue weighted by Gasteiger charge is -2.20. The Morgan fingerprint density at radius 1 is 1.24 bits per heavy atom. The summed E-state index contributed by atoms with van der Waals surface area (Å²) in [5.41, 5.74) is 4.23. The van der Waals surface area contributed by atoms with E-state index < -0.39 is 0 Å². The Hall–Kier alpha value is -2.69. The third kappa shape index (κ3) is 2.90. The number of rotatable bonds is 3. The molecule has 0 unspecified atom stereocenters. The van der Waals surface area contributed by atoms with Crippen LogP contribution in [0.3, 0.4) is 0 Å². The van der Waals surface area contributed by atoms with Crippen LogP contribution >= 0.6 is 0 Å². The molecule has 5 heteroatoms. The number of hydrogen-bond acceptors (Lipinski definition) is 3. The minimum absolute atomic E-state index is 0.0506. The van der Waals surface area contributed by atoms with Gasteiger partial charge in [-0.15, -0.1) is 0 Å². The van der Waals surface area contributed by atoms with E-state index in [1.807, 2.05) is 4.90 Å². The third-order valence-electron chi connectivity index (χ3n) is 4.71. The Balaban J connectivity index is 1.70. The molecule has 128 valence electrons. The molecule has 0 fully saturated rings. The minimum atomic E-state index is -0.0506. The summed E-state index contributed by atoms with van der Waals surface area (Å²) in [4.78, 5) is 22.8. The Bertz CT molecular complexity index is 914. The molecule has 1 aromatic carbocycles. The van der Waals surface area contributed by atoms with Gasteiger partial charge in [0.15, 0.2) is 0 Å². The fraction of sp³-hybridized carbons (Fsp3) is 0.350. The normalized spacial score (nSPS) is 14.1. The van der Waals surface area contributed by atoms with E-state index in [-0.39, 0.29) is 5.91 Å². The van der Waals surface area contributed by atoms with Crippen LogP contribution in [0.4, 0.5) is 0 Å². The summed E-state index contributed by atoms with van der Waals surface area (Å²) >= 11 is 0. The Morgan fingerprint density at radius 3 is 2.88 bits per heavy atom. The van der Waals surface area contributed by atoms with Crippen molar-refractivity contribution in [1.82, 2.24) is 19.4 Å². The van der Waals surface area contributed by atoms with Crippen molar-refractivity contribution in [2.45, 2.75) is 33.4 Å². The van der Waals surface area contributed by atoms with Crippen LogP contribution in [0.15, 0.2) is 43.0 Å². The van der Waals surface area contributed by atoms with Gasteiger partial charge in [-0.25, -0.2) is 4.98 Å². The first-order valence-electron chi connectivity index (χ1n) is 8.78. The lowest BCUT2D eigenvalue weighted by molar-refractivity contribution is 0.0741. The van der Waals surface area contributed by atoms with Crippen LogP contribution < -0.4 is 0 Å². The molecule has 0 saturated carbocycles. The predicted octanol–water partition coefficient (Wildman–Crippen LogP) is 3.29. The molecule has 0 radical (unpaired) electrons. The van der Waals surface area contributed by atoms with Gasteiger partial charge in [-0.2, -0.15) is 0 Å². The topological polar surface area (TPSA) is 51.0 Å². The second-order valence-electron chi connectivity index (χ2n) is 7.08. The summed E-state index contributed by atoms with van der Waals surface area (Å²) < 4.78 is 2.36. The molecule has 4 rings (SSSR count). The van der Waals surface area contributed by atoms with E-state index in [0.29, 0.717) is 24.7 Å². The number of carbonyl (C=O) groups is 1. The zero-order valence-electron chi connectivity index (χ0n) is 14.6. The molecular weight excluding hydrogens is 312 g/mol. The smallest absolute Gasteiger partial charge is 0.274 e. The van der Waals surface area contributed by atoms with Gasteiger partial charge in [0.05, 0.1) is 6.20 Å². The predicted molar refractivity (Wildman–Crippen MR) is 97.3 cm³/mol. The highest BCUT2D eigenvalue weighted by molar-refractivity contribution is 5.93. The van der Waals surface area contributed by atoms with Crippen LogP contribution in [-0.2, 0) is 19.5 Å². The van der Waals surface area contributed by atoms with Gasteiger partial charge in [-0.05, 0) is 29.5 Å². The number of hydrogen-bond donors (Lipinski definition) is 0. The molecule has 1 amide bonds. The largest absolute Gasteiger partial charge is 0.347 e. The number of aromatic nitrogens is 3. The molecule has 0 atom stereocenters. The van der Waals surface area contributed by atoms with E-state index in [2.05, 4.69) is 52.8 Å². The Kier molecular flexibility index (Phi) is 3.99. The van der Waals surface area contributed by atoms with Gasteiger partial charge in [-0.1, -0.05) is 26.0 Å². The molecule has 1 aliphatic rings. The van der Waals surface area contributed by atoms with Crippen molar-refractivity contribution in [2.75, 3.05) is 6.54 Å². The van der Waals surface area contributed by atoms with Gasteiger partial charge in [0.1, 0.15) is 5.69 Å². The van der Waals surface area contributed by atoms with Gasteiger partial charge in [0, 0.05) is 49.1 Å². The van der Waals surface area contributed by atoms with E-state index in [1.165, 1.54) is 28.2 Å². The lowest BCUT2D eigenvalue weighted by Crippen LogP contribution is -2.32. The number of carbonyl (C=O) groups excluding carboxylic acids is 1. The first-order valence-corrected chi connectivity index (χ1v) is 8.78. The average molecular weight is 334 g/mol. The molecule has 3 heterocycles. The first-order chi connectivity index (χ1) is 12.1. The maximum Gasteiger partial charge on any atom is 0.274 e. The van der Waals surface area contributed by atoms with Gasteiger partial charge >= 0.3 is 0 Å². The Morgan fingerprint density at radius 2 is 2.12 bits per heavy atom. The van der Waals surface area contributed by atoms with E-state index in [1.54, 1.807) is 12.4 Å². The summed E-state index contributed by atoms with van der Waals surface area (Å²) in [6.07, 6.45) is 7.82. The van der Waals surface area contributed by atoms with Gasteiger partial charge in [0.25, 0.3) is 5.91 Å². The van der Waals surface area contributed by atoms with Gasteiger partial charge in [-0.3, -0.25) is 9.78 Å². The standard InChI is InChI=1S/C20H22N4O/c1-14(2)11-24-13-16-6-9-23(20(25)17-10-21-7-8-22-17)12-15-4-3-5-18(24)19(15)16/h3-5,7-8,10,13-14H,6,9,11-12H2,1-2H3. The number of nitrogens with zero attached hydrogens (tertiary/aromatic N) is 4.